The standard InChI is InChI=1S/C58H60O37/c59-14-30-36(69)40(73)44(77)54(88-30)94-52-41(74)37(70)31(15-60)89-57(52)92-49-39(72)35-26(66)10-21(11-28(35)86-47(49)17-1-4-19(61)5-2-17)84-56-51(43(76)42(75)50(93-56)53(79)80)91-34(68)13-33(67)83-16-32-38(71)48(95-58(81)82)45(78)55(90-32)87-29-12-22-24(64)8-20(62)9-27(22)85-46(29)18-3-6-23(63)25(65)7-18/h1-12,27,30-32,36-38,40-45,48,50-52,54-57,59-66,69-71,73-78H,13-16H2,(H,79,80)(H,81,82)/p+1/t27?,30-,31-,32-,36+,37+,38+,40-,41-,42-,43-,44+,45+,48-,50+,51+,52+,54-,55+,56+,57-/m0/s1. The number of allylic oxidation sites excluding steroid dienone is 2. The Morgan fingerprint density at radius 1 is 0.558 bits per heavy atom. The van der Waals surface area contributed by atoms with E-state index in [4.69, 9.17) is 56.5 Å². The van der Waals surface area contributed by atoms with E-state index in [1.165, 1.54) is 30.4 Å². The molecule has 95 heavy (non-hydrogen) atoms. The number of aromatic hydroxyl groups is 4. The van der Waals surface area contributed by atoms with E-state index in [2.05, 4.69) is 4.74 Å². The van der Waals surface area contributed by atoms with Gasteiger partial charge in [-0.15, -0.1) is 0 Å². The molecule has 4 aromatic rings. The largest absolute Gasteiger partial charge is 0.571 e. The van der Waals surface area contributed by atoms with E-state index in [0.717, 1.165) is 36.4 Å². The van der Waals surface area contributed by atoms with E-state index >= 15 is 0 Å². The van der Waals surface area contributed by atoms with Gasteiger partial charge < -0.3 is 158 Å². The molecule has 514 valence electrons. The normalized spacial score (nSPS) is 33.1. The fourth-order valence-corrected chi connectivity index (χ4v) is 10.8. The Kier molecular flexibility index (Phi) is 20.3. The van der Waals surface area contributed by atoms with Gasteiger partial charge in [0.05, 0.1) is 30.4 Å². The molecule has 0 radical (unpaired) electrons. The molecule has 0 saturated carbocycles. The first-order valence-corrected chi connectivity index (χ1v) is 28.3. The third-order valence-corrected chi connectivity index (χ3v) is 15.6. The number of fused-ring (bicyclic) bond motifs is 2. The van der Waals surface area contributed by atoms with Crippen molar-refractivity contribution in [1.82, 2.24) is 0 Å². The van der Waals surface area contributed by atoms with Crippen molar-refractivity contribution in [3.8, 4) is 45.8 Å². The molecule has 37 heteroatoms. The van der Waals surface area contributed by atoms with E-state index in [-0.39, 0.29) is 34.0 Å². The van der Waals surface area contributed by atoms with Crippen LogP contribution in [-0.4, -0.2) is 275 Å². The highest BCUT2D eigenvalue weighted by Gasteiger charge is 2.55. The highest BCUT2D eigenvalue weighted by molar-refractivity contribution is 5.91. The van der Waals surface area contributed by atoms with E-state index in [0.29, 0.717) is 6.07 Å². The number of carbonyl (C=O) groups is 4. The van der Waals surface area contributed by atoms with Crippen LogP contribution in [0.5, 0.6) is 34.5 Å². The van der Waals surface area contributed by atoms with Crippen LogP contribution in [-0.2, 0) is 57.0 Å². The number of carboxylic acid groups (broad SMARTS) is 2. The molecule has 21 atom stereocenters. The van der Waals surface area contributed by atoms with Crippen LogP contribution in [0.4, 0.5) is 4.79 Å². The lowest BCUT2D eigenvalue weighted by Gasteiger charge is -2.45. The fraction of sp³-hybridized carbons (Fsp3) is 0.431. The maximum Gasteiger partial charge on any atom is 0.506 e. The Bertz CT molecular complexity index is 3730. The minimum absolute atomic E-state index is 0.000975. The van der Waals surface area contributed by atoms with Gasteiger partial charge in [0.15, 0.2) is 54.1 Å². The molecule has 0 bridgehead atoms. The van der Waals surface area contributed by atoms with Gasteiger partial charge in [-0.1, -0.05) is 0 Å². The van der Waals surface area contributed by atoms with Crippen molar-refractivity contribution in [3.63, 3.8) is 0 Å². The molecule has 4 saturated heterocycles. The average Bonchev–Trinajstić information content (AvgIpc) is 0.767. The van der Waals surface area contributed by atoms with E-state index in [1.54, 1.807) is 0 Å². The number of ether oxygens (including phenoxy) is 12. The molecule has 6 aliphatic rings. The second-order valence-corrected chi connectivity index (χ2v) is 22.0. The molecule has 1 aliphatic carbocycles. The van der Waals surface area contributed by atoms with Crippen LogP contribution < -0.4 is 14.9 Å². The summed E-state index contributed by atoms with van der Waals surface area (Å²) in [5.74, 6) is -11.2. The van der Waals surface area contributed by atoms with Gasteiger partial charge in [-0.05, 0) is 36.4 Å². The summed E-state index contributed by atoms with van der Waals surface area (Å²) in [4.78, 5) is 65.7. The van der Waals surface area contributed by atoms with Crippen molar-refractivity contribution in [2.45, 2.75) is 135 Å². The lowest BCUT2D eigenvalue weighted by Crippen LogP contribution is -2.65. The molecule has 20 N–H and O–H groups in total. The van der Waals surface area contributed by atoms with Crippen molar-refractivity contribution in [1.29, 1.82) is 0 Å². The monoisotopic (exact) mass is 1350 g/mol. The van der Waals surface area contributed by atoms with Crippen LogP contribution in [0.3, 0.4) is 0 Å². The van der Waals surface area contributed by atoms with Gasteiger partial charge in [0.2, 0.25) is 41.9 Å². The maximum atomic E-state index is 14.7. The average molecular weight is 1350 g/mol. The zero-order valence-electron chi connectivity index (χ0n) is 48.3. The van der Waals surface area contributed by atoms with Gasteiger partial charge in [-0.25, -0.2) is 9.59 Å². The Labute approximate surface area is 529 Å². The first-order chi connectivity index (χ1) is 45.0. The molecule has 3 aromatic carbocycles. The van der Waals surface area contributed by atoms with Gasteiger partial charge in [-0.3, -0.25) is 14.4 Å². The summed E-state index contributed by atoms with van der Waals surface area (Å²) in [6.07, 6.45) is -43.2. The number of benzene rings is 3. The topological polar surface area (TPSA) is 597 Å². The van der Waals surface area contributed by atoms with E-state index in [1.807, 2.05) is 0 Å². The number of rotatable bonds is 19. The molecule has 5 aliphatic heterocycles. The summed E-state index contributed by atoms with van der Waals surface area (Å²) >= 11 is 0. The summed E-state index contributed by atoms with van der Waals surface area (Å²) in [6.45, 7) is -3.04. The van der Waals surface area contributed by atoms with Crippen LogP contribution in [0.2, 0.25) is 0 Å². The highest BCUT2D eigenvalue weighted by Crippen LogP contribution is 2.42. The van der Waals surface area contributed by atoms with Crippen LogP contribution in [0, 0.1) is 0 Å². The summed E-state index contributed by atoms with van der Waals surface area (Å²) in [6, 6.07) is 9.53. The molecule has 1 unspecified atom stereocenters. The van der Waals surface area contributed by atoms with Crippen LogP contribution in [0.15, 0.2) is 105 Å². The molecule has 1 aromatic heterocycles. The summed E-state index contributed by atoms with van der Waals surface area (Å²) in [5, 5.41) is 200. The fourth-order valence-electron chi connectivity index (χ4n) is 10.8. The second kappa shape index (κ2) is 28.1. The Morgan fingerprint density at radius 2 is 1.20 bits per heavy atom. The van der Waals surface area contributed by atoms with Crippen molar-refractivity contribution in [3.05, 3.63) is 111 Å². The molecule has 10 rings (SSSR count). The number of hydrogen-bond donors (Lipinski definition) is 19. The Hall–Kier alpha value is -9.13. The van der Waals surface area contributed by atoms with Crippen LogP contribution >= 0.6 is 0 Å². The molecular formula is C58H61O37+. The summed E-state index contributed by atoms with van der Waals surface area (Å²) < 4.78 is 71.4. The number of carbonyl (C=O) groups excluding carboxylic acids is 2. The van der Waals surface area contributed by atoms with Crippen LogP contribution in [0.1, 0.15) is 12.0 Å². The number of esters is 2. The van der Waals surface area contributed by atoms with Crippen molar-refractivity contribution in [2.75, 3.05) is 19.8 Å². The van der Waals surface area contributed by atoms with Gasteiger partial charge in [-0.2, -0.15) is 0 Å². The zero-order valence-corrected chi connectivity index (χ0v) is 48.3. The first kappa shape index (κ1) is 68.7. The number of aliphatic carboxylic acids is 1. The molecule has 6 heterocycles. The number of phenolic OH excluding ortho intramolecular Hbond substituents is 4. The second-order valence-electron chi connectivity index (χ2n) is 22.0. The summed E-state index contributed by atoms with van der Waals surface area (Å²) in [7, 11) is 0. The van der Waals surface area contributed by atoms with Gasteiger partial charge in [0.1, 0.15) is 120 Å². The quantitative estimate of drug-likeness (QED) is 0.0139. The van der Waals surface area contributed by atoms with Gasteiger partial charge >= 0.3 is 29.8 Å². The predicted molar refractivity (Wildman–Crippen MR) is 300 cm³/mol. The Balaban J connectivity index is 0.885. The van der Waals surface area contributed by atoms with Gasteiger partial charge in [0, 0.05) is 35.9 Å². The SMILES string of the molecule is O=C(O)O[C@@H]1[C@@H](O)[C@H](OC2=C(c3ccc(O)c(O)c3)[OH+]C3C=C(O)C=C(O)C3=C2)O[C@@H](COC(=O)CC(=O)O[C@H]2[C@H](Oc3cc(O)c4c(=O)c(O[C@@H]5O[C@@H](CO)[C@@H](O)[C@H](O)[C@H]5O[C@@H]5O[C@@H](CO)[C@@H](O)[C@H](O)[C@H]5O)c(-c5ccc(O)cc5)oc4c3)O[C@@H](C(=O)O)[C@@H](O)[C@@H]2O)[C@H]1O. The Morgan fingerprint density at radius 3 is 1.86 bits per heavy atom. The predicted octanol–water partition coefficient (Wildman–Crippen LogP) is -4.33. The van der Waals surface area contributed by atoms with Gasteiger partial charge in [0.25, 0.3) is 0 Å². The number of aliphatic hydroxyl groups excluding tert-OH is 13. The molecule has 4 fully saturated rings. The van der Waals surface area contributed by atoms with Crippen molar-refractivity contribution < 1.29 is 177 Å². The minimum atomic E-state index is -2.45. The lowest BCUT2D eigenvalue weighted by molar-refractivity contribution is -0.358. The third kappa shape index (κ3) is 14.2. The van der Waals surface area contributed by atoms with Crippen molar-refractivity contribution >= 4 is 40.8 Å². The summed E-state index contributed by atoms with van der Waals surface area (Å²) in [5.41, 5.74) is -1.99. The molecular weight excluding hydrogens is 1290 g/mol. The molecule has 0 spiro atoms. The number of aliphatic hydroxyl groups is 15. The molecule has 0 amide bonds. The van der Waals surface area contributed by atoms with E-state index in [9.17, 15) is 121 Å². The minimum Gasteiger partial charge on any atom is -0.571 e. The number of carboxylic acids is 1. The third-order valence-electron chi connectivity index (χ3n) is 15.6. The zero-order chi connectivity index (χ0) is 68.8. The number of hydrogen-bond acceptors (Lipinski definition) is 34. The highest BCUT2D eigenvalue weighted by atomic mass is 16.8. The smallest absolute Gasteiger partial charge is 0.506 e. The first-order valence-electron chi connectivity index (χ1n) is 28.3. The van der Waals surface area contributed by atoms with Crippen LogP contribution in [0.25, 0.3) is 28.1 Å². The number of phenols is 4. The lowest BCUT2D eigenvalue weighted by atomic mass is 9.96. The van der Waals surface area contributed by atoms with E-state index < -0.39 is 242 Å². The van der Waals surface area contributed by atoms with Crippen molar-refractivity contribution in [2.24, 2.45) is 0 Å². The molecule has 37 nitrogen and oxygen atoms in total. The maximum absolute atomic E-state index is 14.7.